The molecule has 2 aromatic carbocycles. The average molecular weight is 287 g/mol. The van der Waals surface area contributed by atoms with Gasteiger partial charge in [-0.25, -0.2) is 4.79 Å². The van der Waals surface area contributed by atoms with E-state index in [1.54, 1.807) is 36.4 Å². The van der Waals surface area contributed by atoms with Crippen LogP contribution in [-0.4, -0.2) is 18.0 Å². The van der Waals surface area contributed by atoms with Gasteiger partial charge in [0.1, 0.15) is 12.4 Å². The SMILES string of the molecule is COC(=O)c1cccc(OCc2ccc([N+](=O)[O-])cc2)c1. The Hall–Kier alpha value is -2.89. The first-order valence-electron chi connectivity index (χ1n) is 6.14. The molecule has 0 bridgehead atoms. The maximum Gasteiger partial charge on any atom is 0.337 e. The van der Waals surface area contributed by atoms with Crippen LogP contribution in [0.25, 0.3) is 0 Å². The van der Waals surface area contributed by atoms with E-state index in [0.717, 1.165) is 5.56 Å². The molecule has 0 fully saturated rings. The Morgan fingerprint density at radius 2 is 1.90 bits per heavy atom. The first kappa shape index (κ1) is 14.5. The van der Waals surface area contributed by atoms with Crippen molar-refractivity contribution in [3.05, 3.63) is 69.8 Å². The molecule has 2 rings (SSSR count). The van der Waals surface area contributed by atoms with Gasteiger partial charge in [-0.2, -0.15) is 0 Å². The van der Waals surface area contributed by atoms with Crippen molar-refractivity contribution in [1.29, 1.82) is 0 Å². The van der Waals surface area contributed by atoms with Crippen LogP contribution >= 0.6 is 0 Å². The van der Waals surface area contributed by atoms with Crippen molar-refractivity contribution in [2.75, 3.05) is 7.11 Å². The number of rotatable bonds is 5. The molecule has 0 unspecified atom stereocenters. The minimum absolute atomic E-state index is 0.0337. The van der Waals surface area contributed by atoms with Crippen LogP contribution < -0.4 is 4.74 Å². The van der Waals surface area contributed by atoms with Gasteiger partial charge in [0.25, 0.3) is 5.69 Å². The van der Waals surface area contributed by atoms with Gasteiger partial charge in [-0.1, -0.05) is 6.07 Å². The first-order valence-corrected chi connectivity index (χ1v) is 6.14. The number of ether oxygens (including phenoxy) is 2. The van der Waals surface area contributed by atoms with E-state index in [9.17, 15) is 14.9 Å². The number of nitro benzene ring substituents is 1. The van der Waals surface area contributed by atoms with Gasteiger partial charge in [0.05, 0.1) is 17.6 Å². The smallest absolute Gasteiger partial charge is 0.337 e. The van der Waals surface area contributed by atoms with Gasteiger partial charge in [-0.15, -0.1) is 0 Å². The third kappa shape index (κ3) is 3.79. The molecule has 0 aliphatic rings. The lowest BCUT2D eigenvalue weighted by Crippen LogP contribution is -2.02. The van der Waals surface area contributed by atoms with Crippen LogP contribution in [0, 0.1) is 10.1 Å². The number of carbonyl (C=O) groups excluding carboxylic acids is 1. The van der Waals surface area contributed by atoms with Crippen LogP contribution in [0.4, 0.5) is 5.69 Å². The summed E-state index contributed by atoms with van der Waals surface area (Å²) >= 11 is 0. The molecule has 21 heavy (non-hydrogen) atoms. The predicted molar refractivity (Wildman–Crippen MR) is 75.2 cm³/mol. The number of non-ortho nitro benzene ring substituents is 1. The van der Waals surface area contributed by atoms with E-state index >= 15 is 0 Å². The third-order valence-corrected chi connectivity index (χ3v) is 2.81. The van der Waals surface area contributed by atoms with Gasteiger partial charge in [0.15, 0.2) is 0 Å². The van der Waals surface area contributed by atoms with Crippen molar-refractivity contribution < 1.29 is 19.2 Å². The molecule has 0 atom stereocenters. The Bertz CT molecular complexity index is 651. The molecule has 0 heterocycles. The lowest BCUT2D eigenvalue weighted by molar-refractivity contribution is -0.384. The second-order valence-electron chi connectivity index (χ2n) is 4.23. The number of carbonyl (C=O) groups is 1. The Labute approximate surface area is 121 Å². The summed E-state index contributed by atoms with van der Waals surface area (Å²) in [6, 6.07) is 12.7. The molecule has 0 aliphatic heterocycles. The van der Waals surface area contributed by atoms with E-state index in [2.05, 4.69) is 4.74 Å². The third-order valence-electron chi connectivity index (χ3n) is 2.81. The van der Waals surface area contributed by atoms with Gasteiger partial charge < -0.3 is 9.47 Å². The number of methoxy groups -OCH3 is 1. The van der Waals surface area contributed by atoms with Gasteiger partial charge in [-0.3, -0.25) is 10.1 Å². The van der Waals surface area contributed by atoms with Crippen molar-refractivity contribution >= 4 is 11.7 Å². The maximum absolute atomic E-state index is 11.4. The van der Waals surface area contributed by atoms with Crippen LogP contribution in [0.5, 0.6) is 5.75 Å². The molecule has 6 heteroatoms. The van der Waals surface area contributed by atoms with Gasteiger partial charge in [0.2, 0.25) is 0 Å². The topological polar surface area (TPSA) is 78.7 Å². The Morgan fingerprint density at radius 1 is 1.19 bits per heavy atom. The van der Waals surface area contributed by atoms with Crippen molar-refractivity contribution in [3.63, 3.8) is 0 Å². The molecule has 0 spiro atoms. The first-order chi connectivity index (χ1) is 10.1. The van der Waals surface area contributed by atoms with Crippen molar-refractivity contribution in [2.24, 2.45) is 0 Å². The van der Waals surface area contributed by atoms with Crippen LogP contribution in [0.1, 0.15) is 15.9 Å². The highest BCUT2D eigenvalue weighted by Gasteiger charge is 2.07. The number of esters is 1. The van der Waals surface area contributed by atoms with E-state index < -0.39 is 10.9 Å². The van der Waals surface area contributed by atoms with Crippen molar-refractivity contribution in [2.45, 2.75) is 6.61 Å². The summed E-state index contributed by atoms with van der Waals surface area (Å²) in [6.45, 7) is 0.253. The van der Waals surface area contributed by atoms with Crippen LogP contribution in [-0.2, 0) is 11.3 Å². The number of benzene rings is 2. The van der Waals surface area contributed by atoms with E-state index in [4.69, 9.17) is 4.74 Å². The minimum atomic E-state index is -0.454. The zero-order valence-corrected chi connectivity index (χ0v) is 11.3. The zero-order valence-electron chi connectivity index (χ0n) is 11.3. The summed E-state index contributed by atoms with van der Waals surface area (Å²) in [5.41, 5.74) is 1.23. The predicted octanol–water partition coefficient (Wildman–Crippen LogP) is 2.96. The summed E-state index contributed by atoms with van der Waals surface area (Å²) < 4.78 is 10.2. The maximum atomic E-state index is 11.4. The summed E-state index contributed by atoms with van der Waals surface area (Å²) in [4.78, 5) is 21.5. The highest BCUT2D eigenvalue weighted by molar-refractivity contribution is 5.89. The second kappa shape index (κ2) is 6.51. The summed E-state index contributed by atoms with van der Waals surface area (Å²) in [5, 5.41) is 10.6. The molecule has 0 saturated carbocycles. The van der Waals surface area contributed by atoms with E-state index in [1.165, 1.54) is 19.2 Å². The van der Waals surface area contributed by atoms with Crippen LogP contribution in [0.3, 0.4) is 0 Å². The molecule has 0 aromatic heterocycles. The number of hydrogen-bond donors (Lipinski definition) is 0. The molecular formula is C15H13NO5. The number of hydrogen-bond acceptors (Lipinski definition) is 5. The highest BCUT2D eigenvalue weighted by Crippen LogP contribution is 2.17. The normalized spacial score (nSPS) is 9.95. The van der Waals surface area contributed by atoms with Crippen molar-refractivity contribution in [1.82, 2.24) is 0 Å². The monoisotopic (exact) mass is 287 g/mol. The van der Waals surface area contributed by atoms with Gasteiger partial charge in [-0.05, 0) is 35.9 Å². The molecular weight excluding hydrogens is 274 g/mol. The molecule has 2 aromatic rings. The Balaban J connectivity index is 2.02. The lowest BCUT2D eigenvalue weighted by atomic mass is 10.2. The standard InChI is InChI=1S/C15H13NO5/c1-20-15(17)12-3-2-4-14(9-12)21-10-11-5-7-13(8-6-11)16(18)19/h2-9H,10H2,1H3. The molecule has 0 saturated heterocycles. The Morgan fingerprint density at radius 3 is 2.52 bits per heavy atom. The second-order valence-corrected chi connectivity index (χ2v) is 4.23. The molecule has 0 aliphatic carbocycles. The fourth-order valence-corrected chi connectivity index (χ4v) is 1.71. The van der Waals surface area contributed by atoms with Crippen LogP contribution in [0.2, 0.25) is 0 Å². The summed E-state index contributed by atoms with van der Waals surface area (Å²) in [6.07, 6.45) is 0. The van der Waals surface area contributed by atoms with E-state index in [-0.39, 0.29) is 12.3 Å². The quantitative estimate of drug-likeness (QED) is 0.480. The summed E-state index contributed by atoms with van der Waals surface area (Å²) in [5.74, 6) is 0.0899. The van der Waals surface area contributed by atoms with E-state index in [0.29, 0.717) is 11.3 Å². The van der Waals surface area contributed by atoms with Gasteiger partial charge >= 0.3 is 5.97 Å². The fraction of sp³-hybridized carbons (Fsp3) is 0.133. The number of nitrogens with zero attached hydrogens (tertiary/aromatic N) is 1. The fourth-order valence-electron chi connectivity index (χ4n) is 1.71. The van der Waals surface area contributed by atoms with Crippen LogP contribution in [0.15, 0.2) is 48.5 Å². The van der Waals surface area contributed by atoms with Gasteiger partial charge in [0, 0.05) is 12.1 Å². The summed E-state index contributed by atoms with van der Waals surface area (Å²) in [7, 11) is 1.31. The number of nitro groups is 1. The average Bonchev–Trinajstić information content (AvgIpc) is 2.52. The zero-order chi connectivity index (χ0) is 15.2. The molecule has 0 amide bonds. The largest absolute Gasteiger partial charge is 0.489 e. The van der Waals surface area contributed by atoms with E-state index in [1.807, 2.05) is 0 Å². The highest BCUT2D eigenvalue weighted by atomic mass is 16.6. The Kier molecular flexibility index (Phi) is 4.50. The molecule has 0 radical (unpaired) electrons. The van der Waals surface area contributed by atoms with Crippen molar-refractivity contribution in [3.8, 4) is 5.75 Å². The molecule has 108 valence electrons. The minimum Gasteiger partial charge on any atom is -0.489 e. The lowest BCUT2D eigenvalue weighted by Gasteiger charge is -2.07. The molecule has 0 N–H and O–H groups in total. The molecule has 6 nitrogen and oxygen atoms in total.